The van der Waals surface area contributed by atoms with Crippen molar-refractivity contribution in [3.8, 4) is 0 Å². The van der Waals surface area contributed by atoms with E-state index >= 15 is 0 Å². The van der Waals surface area contributed by atoms with Gasteiger partial charge in [0.2, 0.25) is 5.91 Å². The van der Waals surface area contributed by atoms with Gasteiger partial charge in [-0.05, 0) is 30.4 Å². The first-order valence-electron chi connectivity index (χ1n) is 5.49. The summed E-state index contributed by atoms with van der Waals surface area (Å²) in [6.07, 6.45) is 2.55. The maximum atomic E-state index is 11.0. The van der Waals surface area contributed by atoms with Gasteiger partial charge < -0.3 is 5.73 Å². The van der Waals surface area contributed by atoms with Gasteiger partial charge in [-0.1, -0.05) is 37.6 Å². The molecule has 0 radical (unpaired) electrons. The average molecular weight is 205 g/mol. The number of amides is 1. The highest BCUT2D eigenvalue weighted by Gasteiger charge is 2.14. The molecule has 0 heterocycles. The first-order chi connectivity index (χ1) is 7.15. The van der Waals surface area contributed by atoms with Crippen LogP contribution in [0.3, 0.4) is 0 Å². The Bertz CT molecular complexity index is 333. The standard InChI is InChI=1S/C13H19NO/c1-3-6-11(9-13(14)15)12-8-5-4-7-10(12)2/h4-5,7-8,11H,3,6,9H2,1-2H3,(H2,14,15). The summed E-state index contributed by atoms with van der Waals surface area (Å²) < 4.78 is 0. The molecule has 1 unspecified atom stereocenters. The Morgan fingerprint density at radius 2 is 2.07 bits per heavy atom. The SMILES string of the molecule is CCCC(CC(N)=O)c1ccccc1C. The molecule has 0 saturated carbocycles. The molecule has 0 aromatic heterocycles. The van der Waals surface area contributed by atoms with Crippen molar-refractivity contribution in [1.29, 1.82) is 0 Å². The molecule has 2 nitrogen and oxygen atoms in total. The van der Waals surface area contributed by atoms with E-state index in [0.29, 0.717) is 6.42 Å². The van der Waals surface area contributed by atoms with Gasteiger partial charge in [0.15, 0.2) is 0 Å². The summed E-state index contributed by atoms with van der Waals surface area (Å²) in [5, 5.41) is 0. The first kappa shape index (κ1) is 11.8. The molecule has 0 aliphatic rings. The summed E-state index contributed by atoms with van der Waals surface area (Å²) in [5.74, 6) is 0.0744. The number of carbonyl (C=O) groups is 1. The lowest BCUT2D eigenvalue weighted by atomic mass is 9.88. The maximum Gasteiger partial charge on any atom is 0.218 e. The van der Waals surface area contributed by atoms with Gasteiger partial charge in [0.05, 0.1) is 0 Å². The highest BCUT2D eigenvalue weighted by atomic mass is 16.1. The molecule has 15 heavy (non-hydrogen) atoms. The summed E-state index contributed by atoms with van der Waals surface area (Å²) in [6, 6.07) is 8.22. The smallest absolute Gasteiger partial charge is 0.218 e. The highest BCUT2D eigenvalue weighted by Crippen LogP contribution is 2.27. The molecule has 1 amide bonds. The van der Waals surface area contributed by atoms with Crippen molar-refractivity contribution in [2.45, 2.75) is 39.0 Å². The Balaban J connectivity index is 2.88. The van der Waals surface area contributed by atoms with Crippen LogP contribution in [-0.4, -0.2) is 5.91 Å². The lowest BCUT2D eigenvalue weighted by Gasteiger charge is -2.17. The van der Waals surface area contributed by atoms with E-state index in [-0.39, 0.29) is 11.8 Å². The third kappa shape index (κ3) is 3.39. The fourth-order valence-corrected chi connectivity index (χ4v) is 2.00. The van der Waals surface area contributed by atoms with Crippen LogP contribution in [0.15, 0.2) is 24.3 Å². The van der Waals surface area contributed by atoms with Crippen LogP contribution in [0.5, 0.6) is 0 Å². The number of benzene rings is 1. The molecule has 1 aromatic carbocycles. The van der Waals surface area contributed by atoms with Crippen molar-refractivity contribution < 1.29 is 4.79 Å². The average Bonchev–Trinajstić information content (AvgIpc) is 2.17. The minimum Gasteiger partial charge on any atom is -0.370 e. The predicted molar refractivity (Wildman–Crippen MR) is 62.6 cm³/mol. The van der Waals surface area contributed by atoms with E-state index in [1.165, 1.54) is 11.1 Å². The van der Waals surface area contributed by atoms with E-state index in [1.54, 1.807) is 0 Å². The third-order valence-electron chi connectivity index (χ3n) is 2.71. The van der Waals surface area contributed by atoms with Gasteiger partial charge in [0.25, 0.3) is 0 Å². The van der Waals surface area contributed by atoms with Gasteiger partial charge in [-0.2, -0.15) is 0 Å². The van der Waals surface area contributed by atoms with Crippen molar-refractivity contribution >= 4 is 5.91 Å². The molecule has 1 rings (SSSR count). The largest absolute Gasteiger partial charge is 0.370 e. The van der Waals surface area contributed by atoms with Gasteiger partial charge in [0.1, 0.15) is 0 Å². The summed E-state index contributed by atoms with van der Waals surface area (Å²) in [6.45, 7) is 4.21. The number of aryl methyl sites for hydroxylation is 1. The lowest BCUT2D eigenvalue weighted by Crippen LogP contribution is -2.15. The van der Waals surface area contributed by atoms with Gasteiger partial charge in [-0.25, -0.2) is 0 Å². The molecule has 1 atom stereocenters. The Hall–Kier alpha value is -1.31. The van der Waals surface area contributed by atoms with Crippen LogP contribution in [0.2, 0.25) is 0 Å². The van der Waals surface area contributed by atoms with Crippen LogP contribution < -0.4 is 5.73 Å². The third-order valence-corrected chi connectivity index (χ3v) is 2.71. The Morgan fingerprint density at radius 3 is 2.60 bits per heavy atom. The van der Waals surface area contributed by atoms with Gasteiger partial charge >= 0.3 is 0 Å². The zero-order valence-electron chi connectivity index (χ0n) is 9.49. The van der Waals surface area contributed by atoms with Crippen LogP contribution in [-0.2, 0) is 4.79 Å². The predicted octanol–water partition coefficient (Wildman–Crippen LogP) is 2.75. The molecule has 0 bridgehead atoms. The van der Waals surface area contributed by atoms with E-state index in [0.717, 1.165) is 12.8 Å². The summed E-state index contributed by atoms with van der Waals surface area (Å²) in [7, 11) is 0. The molecule has 0 saturated heterocycles. The van der Waals surface area contributed by atoms with Crippen LogP contribution in [0.4, 0.5) is 0 Å². The number of nitrogens with two attached hydrogens (primary N) is 1. The second-order valence-electron chi connectivity index (χ2n) is 4.01. The Labute approximate surface area is 91.5 Å². The molecular weight excluding hydrogens is 186 g/mol. The summed E-state index contributed by atoms with van der Waals surface area (Å²) in [4.78, 5) is 11.0. The Morgan fingerprint density at radius 1 is 1.40 bits per heavy atom. The minimum atomic E-state index is -0.211. The van der Waals surface area contributed by atoms with Crippen molar-refractivity contribution in [2.75, 3.05) is 0 Å². The van der Waals surface area contributed by atoms with Crippen molar-refractivity contribution in [3.05, 3.63) is 35.4 Å². The van der Waals surface area contributed by atoms with E-state index in [1.807, 2.05) is 12.1 Å². The topological polar surface area (TPSA) is 43.1 Å². The molecular formula is C13H19NO. The van der Waals surface area contributed by atoms with E-state index in [4.69, 9.17) is 5.73 Å². The number of primary amides is 1. The maximum absolute atomic E-state index is 11.0. The molecule has 0 aliphatic carbocycles. The molecule has 0 spiro atoms. The molecule has 2 N–H and O–H groups in total. The zero-order valence-corrected chi connectivity index (χ0v) is 9.49. The second-order valence-corrected chi connectivity index (χ2v) is 4.01. The van der Waals surface area contributed by atoms with Crippen LogP contribution in [0.1, 0.15) is 43.2 Å². The number of carbonyl (C=O) groups excluding carboxylic acids is 1. The van der Waals surface area contributed by atoms with Gasteiger partial charge in [-0.3, -0.25) is 4.79 Å². The second kappa shape index (κ2) is 5.54. The molecule has 2 heteroatoms. The number of hydrogen-bond donors (Lipinski definition) is 1. The van der Waals surface area contributed by atoms with Crippen molar-refractivity contribution in [3.63, 3.8) is 0 Å². The van der Waals surface area contributed by atoms with Crippen molar-refractivity contribution in [2.24, 2.45) is 5.73 Å². The summed E-state index contributed by atoms with van der Waals surface area (Å²) in [5.41, 5.74) is 7.78. The fourth-order valence-electron chi connectivity index (χ4n) is 2.00. The first-order valence-corrected chi connectivity index (χ1v) is 5.49. The monoisotopic (exact) mass is 205 g/mol. The number of hydrogen-bond acceptors (Lipinski definition) is 1. The highest BCUT2D eigenvalue weighted by molar-refractivity contribution is 5.74. The molecule has 0 fully saturated rings. The minimum absolute atomic E-state index is 0.211. The zero-order chi connectivity index (χ0) is 11.3. The van der Waals surface area contributed by atoms with Gasteiger partial charge in [0, 0.05) is 6.42 Å². The summed E-state index contributed by atoms with van der Waals surface area (Å²) >= 11 is 0. The van der Waals surface area contributed by atoms with Gasteiger partial charge in [-0.15, -0.1) is 0 Å². The van der Waals surface area contributed by atoms with Crippen LogP contribution >= 0.6 is 0 Å². The lowest BCUT2D eigenvalue weighted by molar-refractivity contribution is -0.118. The van der Waals surface area contributed by atoms with E-state index in [9.17, 15) is 4.79 Å². The van der Waals surface area contributed by atoms with E-state index in [2.05, 4.69) is 26.0 Å². The number of rotatable bonds is 5. The quantitative estimate of drug-likeness (QED) is 0.789. The molecule has 1 aromatic rings. The fraction of sp³-hybridized carbons (Fsp3) is 0.462. The van der Waals surface area contributed by atoms with Crippen LogP contribution in [0.25, 0.3) is 0 Å². The Kier molecular flexibility index (Phi) is 4.35. The normalized spacial score (nSPS) is 12.4. The molecule has 0 aliphatic heterocycles. The van der Waals surface area contributed by atoms with Crippen LogP contribution in [0, 0.1) is 6.92 Å². The van der Waals surface area contributed by atoms with Crippen molar-refractivity contribution in [1.82, 2.24) is 0 Å². The molecule has 82 valence electrons. The van der Waals surface area contributed by atoms with E-state index < -0.39 is 0 Å².